The van der Waals surface area contributed by atoms with Gasteiger partial charge in [-0.25, -0.2) is 4.98 Å². The number of carbonyl (C=O) groups is 1. The summed E-state index contributed by atoms with van der Waals surface area (Å²) in [5.74, 6) is 1.52. The van der Waals surface area contributed by atoms with Crippen molar-refractivity contribution in [2.45, 2.75) is 11.5 Å². The summed E-state index contributed by atoms with van der Waals surface area (Å²) in [7, 11) is 1.93. The summed E-state index contributed by atoms with van der Waals surface area (Å²) in [6.45, 7) is 0.392. The van der Waals surface area contributed by atoms with Gasteiger partial charge in [0.15, 0.2) is 5.78 Å². The molecular formula is C21H20N2O2S. The number of ketones is 1. The largest absolute Gasteiger partial charge is 0.486 e. The van der Waals surface area contributed by atoms with Crippen LogP contribution in [0.4, 0.5) is 0 Å². The molecule has 3 rings (SSSR count). The average molecular weight is 364 g/mol. The normalized spacial score (nSPS) is 11.0. The van der Waals surface area contributed by atoms with Crippen LogP contribution in [0.5, 0.6) is 5.75 Å². The number of aromatic nitrogens is 2. The fraction of sp³-hybridized carbons (Fsp3) is 0.143. The van der Waals surface area contributed by atoms with Crippen LogP contribution in [-0.2, 0) is 13.7 Å². The van der Waals surface area contributed by atoms with Crippen molar-refractivity contribution in [3.05, 3.63) is 84.0 Å². The maximum atomic E-state index is 12.3. The Morgan fingerprint density at radius 2 is 1.88 bits per heavy atom. The summed E-state index contributed by atoms with van der Waals surface area (Å²) >= 11 is 1.70. The molecule has 0 spiro atoms. The minimum absolute atomic E-state index is 0.0328. The molecule has 0 N–H and O–H groups in total. The van der Waals surface area contributed by atoms with E-state index in [9.17, 15) is 4.79 Å². The first-order valence-corrected chi connectivity index (χ1v) is 9.44. The van der Waals surface area contributed by atoms with E-state index in [0.29, 0.717) is 17.9 Å². The molecule has 2 aromatic carbocycles. The molecule has 0 unspecified atom stereocenters. The third-order valence-electron chi connectivity index (χ3n) is 3.97. The Balaban J connectivity index is 1.59. The van der Waals surface area contributed by atoms with Crippen molar-refractivity contribution in [1.82, 2.24) is 9.55 Å². The minimum atomic E-state index is -0.0328. The summed E-state index contributed by atoms with van der Waals surface area (Å²) < 4.78 is 7.61. The molecular weight excluding hydrogens is 344 g/mol. The number of imidazole rings is 1. The lowest BCUT2D eigenvalue weighted by Gasteiger charge is -2.06. The second kappa shape index (κ2) is 8.54. The van der Waals surface area contributed by atoms with E-state index in [1.807, 2.05) is 54.4 Å². The van der Waals surface area contributed by atoms with E-state index < -0.39 is 0 Å². The first-order chi connectivity index (χ1) is 12.7. The zero-order valence-corrected chi connectivity index (χ0v) is 15.6. The third kappa shape index (κ3) is 4.64. The first-order valence-electron chi connectivity index (χ1n) is 8.21. The van der Waals surface area contributed by atoms with Crippen LogP contribution in [-0.4, -0.2) is 21.6 Å². The van der Waals surface area contributed by atoms with Gasteiger partial charge in [0, 0.05) is 29.9 Å². The second-order valence-electron chi connectivity index (χ2n) is 5.74. The molecule has 3 aromatic rings. The molecule has 0 aliphatic heterocycles. The molecule has 0 bridgehead atoms. The molecule has 0 radical (unpaired) electrons. The third-order valence-corrected chi connectivity index (χ3v) is 4.71. The van der Waals surface area contributed by atoms with Gasteiger partial charge in [-0.15, -0.1) is 11.8 Å². The number of thioether (sulfide) groups is 1. The lowest BCUT2D eigenvalue weighted by atomic mass is 10.1. The molecule has 0 amide bonds. The Hall–Kier alpha value is -2.79. The van der Waals surface area contributed by atoms with Crippen LogP contribution in [0.15, 0.2) is 71.9 Å². The van der Waals surface area contributed by atoms with E-state index in [1.165, 1.54) is 4.90 Å². The lowest BCUT2D eigenvalue weighted by molar-refractivity contribution is 0.104. The Labute approximate surface area is 157 Å². The van der Waals surface area contributed by atoms with Crippen LogP contribution in [0.3, 0.4) is 0 Å². The molecule has 1 aromatic heterocycles. The van der Waals surface area contributed by atoms with Crippen molar-refractivity contribution in [2.24, 2.45) is 7.05 Å². The highest BCUT2D eigenvalue weighted by Gasteiger charge is 2.04. The summed E-state index contributed by atoms with van der Waals surface area (Å²) in [6, 6.07) is 15.3. The fourth-order valence-corrected chi connectivity index (χ4v) is 2.79. The average Bonchev–Trinajstić information content (AvgIpc) is 3.10. The van der Waals surface area contributed by atoms with Crippen molar-refractivity contribution in [2.75, 3.05) is 6.26 Å². The molecule has 0 aliphatic carbocycles. The van der Waals surface area contributed by atoms with Crippen molar-refractivity contribution >= 4 is 23.6 Å². The maximum Gasteiger partial charge on any atom is 0.185 e. The quantitative estimate of drug-likeness (QED) is 0.349. The number of allylic oxidation sites excluding steroid dienone is 1. The molecule has 0 aliphatic rings. The van der Waals surface area contributed by atoms with Crippen molar-refractivity contribution in [1.29, 1.82) is 0 Å². The highest BCUT2D eigenvalue weighted by Crippen LogP contribution is 2.17. The molecule has 5 heteroatoms. The van der Waals surface area contributed by atoms with Gasteiger partial charge in [0.25, 0.3) is 0 Å². The summed E-state index contributed by atoms with van der Waals surface area (Å²) in [4.78, 5) is 17.7. The Morgan fingerprint density at radius 3 is 2.50 bits per heavy atom. The van der Waals surface area contributed by atoms with Gasteiger partial charge in [-0.1, -0.05) is 18.2 Å². The molecule has 0 fully saturated rings. The number of hydrogen-bond acceptors (Lipinski definition) is 4. The van der Waals surface area contributed by atoms with Crippen molar-refractivity contribution in [3.8, 4) is 5.75 Å². The second-order valence-corrected chi connectivity index (χ2v) is 6.62. The zero-order valence-electron chi connectivity index (χ0n) is 14.8. The number of aryl methyl sites for hydroxylation is 1. The summed E-state index contributed by atoms with van der Waals surface area (Å²) in [5.41, 5.74) is 1.64. The molecule has 0 saturated carbocycles. The number of benzene rings is 2. The van der Waals surface area contributed by atoms with Crippen LogP contribution in [0.25, 0.3) is 6.08 Å². The van der Waals surface area contributed by atoms with E-state index in [1.54, 1.807) is 48.3 Å². The number of nitrogens with zero attached hydrogens (tertiary/aromatic N) is 2. The number of carbonyl (C=O) groups excluding carboxylic acids is 1. The predicted molar refractivity (Wildman–Crippen MR) is 106 cm³/mol. The molecule has 0 saturated heterocycles. The van der Waals surface area contributed by atoms with E-state index >= 15 is 0 Å². The van der Waals surface area contributed by atoms with Crippen LogP contribution in [0, 0.1) is 0 Å². The Kier molecular flexibility index (Phi) is 5.92. The highest BCUT2D eigenvalue weighted by molar-refractivity contribution is 7.98. The van der Waals surface area contributed by atoms with Crippen LogP contribution in [0.2, 0.25) is 0 Å². The summed E-state index contributed by atoms with van der Waals surface area (Å²) in [5, 5.41) is 0. The maximum absolute atomic E-state index is 12.3. The summed E-state index contributed by atoms with van der Waals surface area (Å²) in [6.07, 6.45) is 9.08. The monoisotopic (exact) mass is 364 g/mol. The number of hydrogen-bond donors (Lipinski definition) is 0. The van der Waals surface area contributed by atoms with Crippen LogP contribution < -0.4 is 4.74 Å². The van der Waals surface area contributed by atoms with Gasteiger partial charge in [-0.05, 0) is 54.3 Å². The van der Waals surface area contributed by atoms with Crippen molar-refractivity contribution < 1.29 is 9.53 Å². The number of rotatable bonds is 7. The van der Waals surface area contributed by atoms with E-state index in [0.717, 1.165) is 11.4 Å². The van der Waals surface area contributed by atoms with E-state index in [-0.39, 0.29) is 5.78 Å². The van der Waals surface area contributed by atoms with Gasteiger partial charge in [0.1, 0.15) is 18.2 Å². The van der Waals surface area contributed by atoms with Crippen LogP contribution in [0.1, 0.15) is 21.7 Å². The molecule has 0 atom stereocenters. The SMILES string of the molecule is CSc1ccc(/C=C/C(=O)c2ccc(OCc3nccn3C)cc2)cc1. The minimum Gasteiger partial charge on any atom is -0.486 e. The first kappa shape index (κ1) is 18.0. The van der Waals surface area contributed by atoms with Gasteiger partial charge in [-0.2, -0.15) is 0 Å². The van der Waals surface area contributed by atoms with Gasteiger partial charge < -0.3 is 9.30 Å². The Morgan fingerprint density at radius 1 is 1.15 bits per heavy atom. The smallest absolute Gasteiger partial charge is 0.185 e. The molecule has 132 valence electrons. The molecule has 1 heterocycles. The topological polar surface area (TPSA) is 44.1 Å². The van der Waals surface area contributed by atoms with Crippen LogP contribution >= 0.6 is 11.8 Å². The lowest BCUT2D eigenvalue weighted by Crippen LogP contribution is -2.03. The van der Waals surface area contributed by atoms with Gasteiger partial charge in [-0.3, -0.25) is 4.79 Å². The van der Waals surface area contributed by atoms with Gasteiger partial charge >= 0.3 is 0 Å². The van der Waals surface area contributed by atoms with Gasteiger partial charge in [0.05, 0.1) is 0 Å². The van der Waals surface area contributed by atoms with E-state index in [4.69, 9.17) is 4.74 Å². The molecule has 26 heavy (non-hydrogen) atoms. The predicted octanol–water partition coefficient (Wildman–Crippen LogP) is 4.62. The number of ether oxygens (including phenoxy) is 1. The zero-order chi connectivity index (χ0) is 18.4. The Bertz CT molecular complexity index is 897. The standard InChI is InChI=1S/C21H20N2O2S/c1-23-14-13-22-21(23)15-25-18-8-6-17(7-9-18)20(24)12-5-16-3-10-19(26-2)11-4-16/h3-14H,15H2,1-2H3/b12-5+. The fourth-order valence-electron chi connectivity index (χ4n) is 2.38. The van der Waals surface area contributed by atoms with Crippen molar-refractivity contribution in [3.63, 3.8) is 0 Å². The van der Waals surface area contributed by atoms with Gasteiger partial charge in [0.2, 0.25) is 0 Å². The molecule has 4 nitrogen and oxygen atoms in total. The van der Waals surface area contributed by atoms with E-state index in [2.05, 4.69) is 4.98 Å². The highest BCUT2D eigenvalue weighted by atomic mass is 32.2.